The van der Waals surface area contributed by atoms with Crippen molar-refractivity contribution in [2.24, 2.45) is 0 Å². The fraction of sp³-hybridized carbons (Fsp3) is 0.379. The molecular formula is C29H33NO4S. The third-order valence-electron chi connectivity index (χ3n) is 7.44. The minimum atomic E-state index is -3.23. The fourth-order valence-corrected chi connectivity index (χ4v) is 6.24. The van der Waals surface area contributed by atoms with Gasteiger partial charge in [0, 0.05) is 18.7 Å². The van der Waals surface area contributed by atoms with E-state index in [1.165, 1.54) is 48.9 Å². The van der Waals surface area contributed by atoms with Gasteiger partial charge in [0.25, 0.3) is 0 Å². The number of nitrogens with zero attached hydrogens (tertiary/aromatic N) is 1. The van der Waals surface area contributed by atoms with Crippen molar-refractivity contribution in [1.82, 2.24) is 4.90 Å². The zero-order chi connectivity index (χ0) is 24.4. The molecule has 1 saturated heterocycles. The van der Waals surface area contributed by atoms with Crippen LogP contribution >= 0.6 is 0 Å². The summed E-state index contributed by atoms with van der Waals surface area (Å²) in [7, 11) is -3.23. The minimum Gasteiger partial charge on any atom is -0.508 e. The number of benzene rings is 3. The van der Waals surface area contributed by atoms with Gasteiger partial charge in [0.2, 0.25) is 0 Å². The summed E-state index contributed by atoms with van der Waals surface area (Å²) in [6.07, 6.45) is 5.60. The van der Waals surface area contributed by atoms with Gasteiger partial charge in [0.1, 0.15) is 18.1 Å². The Morgan fingerprint density at radius 1 is 0.943 bits per heavy atom. The molecule has 3 aromatic rings. The molecule has 1 aliphatic heterocycles. The molecular weight excluding hydrogens is 458 g/mol. The van der Waals surface area contributed by atoms with Gasteiger partial charge in [-0.25, -0.2) is 8.42 Å². The minimum absolute atomic E-state index is 0.113. The van der Waals surface area contributed by atoms with Gasteiger partial charge >= 0.3 is 0 Å². The van der Waals surface area contributed by atoms with Crippen LogP contribution in [0.4, 0.5) is 0 Å². The van der Waals surface area contributed by atoms with Crippen LogP contribution in [0, 0.1) is 0 Å². The number of aryl methyl sites for hydroxylation is 1. The van der Waals surface area contributed by atoms with Crippen molar-refractivity contribution >= 4 is 9.84 Å². The summed E-state index contributed by atoms with van der Waals surface area (Å²) in [5.41, 5.74) is 4.71. The lowest BCUT2D eigenvalue weighted by Crippen LogP contribution is -2.25. The van der Waals surface area contributed by atoms with Gasteiger partial charge in [0.05, 0.1) is 4.90 Å². The van der Waals surface area contributed by atoms with E-state index < -0.39 is 9.84 Å². The molecule has 5 rings (SSSR count). The summed E-state index contributed by atoms with van der Waals surface area (Å²) in [5.74, 6) is 1.49. The average Bonchev–Trinajstić information content (AvgIpc) is 3.37. The van der Waals surface area contributed by atoms with Gasteiger partial charge in [-0.05, 0) is 103 Å². The topological polar surface area (TPSA) is 66.8 Å². The molecule has 1 aliphatic carbocycles. The number of hydrogen-bond donors (Lipinski definition) is 1. The molecule has 1 heterocycles. The first-order valence-corrected chi connectivity index (χ1v) is 14.3. The van der Waals surface area contributed by atoms with Gasteiger partial charge < -0.3 is 9.84 Å². The number of rotatable bonds is 7. The Morgan fingerprint density at radius 3 is 2.31 bits per heavy atom. The Hall–Kier alpha value is -2.83. The summed E-state index contributed by atoms with van der Waals surface area (Å²) < 4.78 is 29.9. The van der Waals surface area contributed by atoms with E-state index in [1.807, 2.05) is 24.3 Å². The maximum Gasteiger partial charge on any atom is 0.175 e. The second-order valence-corrected chi connectivity index (χ2v) is 11.8. The normalized spacial score (nSPS) is 20.5. The van der Waals surface area contributed by atoms with Crippen LogP contribution in [-0.2, 0) is 16.3 Å². The monoisotopic (exact) mass is 491 g/mol. The lowest BCUT2D eigenvalue weighted by atomic mass is 9.69. The molecule has 0 bridgehead atoms. The molecule has 5 nitrogen and oxygen atoms in total. The molecule has 6 heteroatoms. The van der Waals surface area contributed by atoms with Gasteiger partial charge in [-0.15, -0.1) is 0 Å². The number of hydrogen-bond acceptors (Lipinski definition) is 5. The fourth-order valence-electron chi connectivity index (χ4n) is 5.61. The smallest absolute Gasteiger partial charge is 0.175 e. The van der Waals surface area contributed by atoms with Crippen LogP contribution < -0.4 is 4.74 Å². The summed E-state index contributed by atoms with van der Waals surface area (Å²) in [5, 5.41) is 10.1. The van der Waals surface area contributed by atoms with E-state index in [2.05, 4.69) is 29.2 Å². The van der Waals surface area contributed by atoms with Crippen molar-refractivity contribution in [2.45, 2.75) is 42.4 Å². The molecule has 184 valence electrons. The maximum absolute atomic E-state index is 11.9. The largest absolute Gasteiger partial charge is 0.508 e. The van der Waals surface area contributed by atoms with E-state index in [4.69, 9.17) is 4.74 Å². The van der Waals surface area contributed by atoms with Crippen LogP contribution in [-0.4, -0.2) is 50.9 Å². The zero-order valence-corrected chi connectivity index (χ0v) is 21.0. The van der Waals surface area contributed by atoms with Gasteiger partial charge in [-0.1, -0.05) is 30.3 Å². The second-order valence-electron chi connectivity index (χ2n) is 9.81. The Kier molecular flexibility index (Phi) is 6.85. The first-order chi connectivity index (χ1) is 16.9. The molecule has 0 aromatic heterocycles. The van der Waals surface area contributed by atoms with Crippen LogP contribution in [0.1, 0.15) is 53.4 Å². The highest BCUT2D eigenvalue weighted by atomic mass is 32.2. The first-order valence-electron chi connectivity index (χ1n) is 12.5. The maximum atomic E-state index is 11.9. The highest BCUT2D eigenvalue weighted by molar-refractivity contribution is 7.90. The van der Waals surface area contributed by atoms with E-state index in [1.54, 1.807) is 18.2 Å². The van der Waals surface area contributed by atoms with Gasteiger partial charge in [-0.3, -0.25) is 4.90 Å². The molecule has 0 spiro atoms. The summed E-state index contributed by atoms with van der Waals surface area (Å²) in [6.45, 7) is 4.00. The van der Waals surface area contributed by atoms with Crippen LogP contribution in [0.25, 0.3) is 0 Å². The number of likely N-dealkylation sites (tertiary alicyclic amines) is 1. The van der Waals surface area contributed by atoms with Crippen LogP contribution in [0.5, 0.6) is 11.5 Å². The molecule has 2 atom stereocenters. The standard InChI is InChI=1S/C29H33NO4S/c1-35(32,33)26-12-6-21(7-13-26)27-14-8-23-20-24(31)9-15-28(23)29(27)22-4-10-25(11-5-22)34-19-18-30-16-2-3-17-30/h4-7,9-13,15,20,27,29,31H,2-3,8,14,16-19H2,1H3. The number of ether oxygens (including phenoxy) is 1. The van der Waals surface area contributed by atoms with Crippen molar-refractivity contribution in [3.05, 3.63) is 89.0 Å². The Bertz CT molecular complexity index is 1260. The molecule has 2 aliphatic rings. The third kappa shape index (κ3) is 5.39. The quantitative estimate of drug-likeness (QED) is 0.496. The van der Waals surface area contributed by atoms with Gasteiger partial charge in [0.15, 0.2) is 9.84 Å². The SMILES string of the molecule is CS(=O)(=O)c1ccc(C2CCc3cc(O)ccc3C2c2ccc(OCCN3CCCC3)cc2)cc1. The predicted octanol–water partition coefficient (Wildman–Crippen LogP) is 5.13. The van der Waals surface area contributed by atoms with E-state index in [0.29, 0.717) is 17.3 Å². The molecule has 2 unspecified atom stereocenters. The molecule has 0 amide bonds. The van der Waals surface area contributed by atoms with Crippen molar-refractivity contribution in [3.8, 4) is 11.5 Å². The summed E-state index contributed by atoms with van der Waals surface area (Å²) >= 11 is 0. The third-order valence-corrected chi connectivity index (χ3v) is 8.57. The highest BCUT2D eigenvalue weighted by Crippen LogP contribution is 2.47. The number of aromatic hydroxyl groups is 1. The van der Waals surface area contributed by atoms with E-state index in [0.717, 1.165) is 30.7 Å². The summed E-state index contributed by atoms with van der Waals surface area (Å²) in [4.78, 5) is 2.79. The number of phenolic OH excluding ortho intramolecular Hbond substituents is 1. The molecule has 3 aromatic carbocycles. The van der Waals surface area contributed by atoms with Gasteiger partial charge in [-0.2, -0.15) is 0 Å². The Balaban J connectivity index is 1.41. The van der Waals surface area contributed by atoms with Crippen molar-refractivity contribution in [2.75, 3.05) is 32.5 Å². The van der Waals surface area contributed by atoms with Crippen LogP contribution in [0.2, 0.25) is 0 Å². The van der Waals surface area contributed by atoms with Crippen molar-refractivity contribution in [1.29, 1.82) is 0 Å². The molecule has 0 saturated carbocycles. The Labute approximate surface area is 208 Å². The van der Waals surface area contributed by atoms with Crippen molar-refractivity contribution in [3.63, 3.8) is 0 Å². The average molecular weight is 492 g/mol. The number of fused-ring (bicyclic) bond motifs is 1. The molecule has 1 N–H and O–H groups in total. The molecule has 0 radical (unpaired) electrons. The van der Waals surface area contributed by atoms with E-state index in [9.17, 15) is 13.5 Å². The Morgan fingerprint density at radius 2 is 1.63 bits per heavy atom. The number of sulfone groups is 1. The van der Waals surface area contributed by atoms with Crippen LogP contribution in [0.3, 0.4) is 0 Å². The lowest BCUT2D eigenvalue weighted by Gasteiger charge is -2.35. The molecule has 35 heavy (non-hydrogen) atoms. The predicted molar refractivity (Wildman–Crippen MR) is 138 cm³/mol. The summed E-state index contributed by atoms with van der Waals surface area (Å²) in [6, 6.07) is 21.4. The van der Waals surface area contributed by atoms with Crippen LogP contribution in [0.15, 0.2) is 71.6 Å². The molecule has 1 fully saturated rings. The van der Waals surface area contributed by atoms with E-state index >= 15 is 0 Å². The first kappa shape index (κ1) is 23.9. The second kappa shape index (κ2) is 10.0. The zero-order valence-electron chi connectivity index (χ0n) is 20.2. The lowest BCUT2D eigenvalue weighted by molar-refractivity contribution is 0.237. The highest BCUT2D eigenvalue weighted by Gasteiger charge is 2.32. The van der Waals surface area contributed by atoms with Crippen molar-refractivity contribution < 1.29 is 18.3 Å². The number of phenols is 1. The van der Waals surface area contributed by atoms with E-state index in [-0.39, 0.29) is 11.8 Å².